The van der Waals surface area contributed by atoms with Crippen LogP contribution in [-0.2, 0) is 6.54 Å². The van der Waals surface area contributed by atoms with Gasteiger partial charge in [0.1, 0.15) is 0 Å². The largest absolute Gasteiger partial charge is 0.292 e. The van der Waals surface area contributed by atoms with E-state index in [1.807, 2.05) is 0 Å². The summed E-state index contributed by atoms with van der Waals surface area (Å²) in [5.41, 5.74) is 7.10. The van der Waals surface area contributed by atoms with E-state index in [4.69, 9.17) is 0 Å². The summed E-state index contributed by atoms with van der Waals surface area (Å²) in [4.78, 5) is 2.65. The minimum absolute atomic E-state index is 0.589. The molecule has 0 saturated carbocycles. The van der Waals surface area contributed by atoms with Gasteiger partial charge in [-0.05, 0) is 56.8 Å². The Bertz CT molecular complexity index is 629. The molecule has 1 nitrogen and oxygen atoms in total. The lowest BCUT2D eigenvalue weighted by Crippen LogP contribution is -2.23. The monoisotopic (exact) mass is 279 g/mol. The topological polar surface area (TPSA) is 3.24 Å². The summed E-state index contributed by atoms with van der Waals surface area (Å²) in [5, 5.41) is 0. The van der Waals surface area contributed by atoms with Gasteiger partial charge in [0.25, 0.3) is 0 Å². The Balaban J connectivity index is 1.81. The van der Waals surface area contributed by atoms with Crippen LogP contribution in [0.1, 0.15) is 46.7 Å². The zero-order valence-corrected chi connectivity index (χ0v) is 13.4. The maximum Gasteiger partial charge on any atom is 0.0352 e. The number of rotatable bonds is 3. The van der Waals surface area contributed by atoms with Gasteiger partial charge in [-0.3, -0.25) is 4.90 Å². The first-order valence-electron chi connectivity index (χ1n) is 8.00. The minimum atomic E-state index is 0.589. The number of aryl methyl sites for hydroxylation is 3. The van der Waals surface area contributed by atoms with Crippen LogP contribution in [0, 0.1) is 20.8 Å². The van der Waals surface area contributed by atoms with E-state index in [2.05, 4.69) is 68.1 Å². The quantitative estimate of drug-likeness (QED) is 0.768. The van der Waals surface area contributed by atoms with Crippen molar-refractivity contribution >= 4 is 0 Å². The van der Waals surface area contributed by atoms with Crippen molar-refractivity contribution in [2.75, 3.05) is 6.54 Å². The van der Waals surface area contributed by atoms with Crippen LogP contribution in [0.4, 0.5) is 0 Å². The second-order valence-electron chi connectivity index (χ2n) is 6.47. The smallest absolute Gasteiger partial charge is 0.0352 e. The summed E-state index contributed by atoms with van der Waals surface area (Å²) in [6.07, 6.45) is 2.60. The lowest BCUT2D eigenvalue weighted by Gasteiger charge is -2.26. The number of likely N-dealkylation sites (tertiary alicyclic amines) is 1. The second kappa shape index (κ2) is 6.03. The van der Waals surface area contributed by atoms with Crippen molar-refractivity contribution in [3.8, 4) is 0 Å². The van der Waals surface area contributed by atoms with Crippen molar-refractivity contribution in [1.29, 1.82) is 0 Å². The summed E-state index contributed by atoms with van der Waals surface area (Å²) in [6.45, 7) is 8.88. The number of nitrogens with zero attached hydrogens (tertiary/aromatic N) is 1. The number of hydrogen-bond acceptors (Lipinski definition) is 1. The third kappa shape index (κ3) is 3.19. The highest BCUT2D eigenvalue weighted by atomic mass is 15.2. The predicted molar refractivity (Wildman–Crippen MR) is 89.5 cm³/mol. The molecular weight excluding hydrogens is 254 g/mol. The average Bonchev–Trinajstić information content (AvgIpc) is 2.90. The van der Waals surface area contributed by atoms with Gasteiger partial charge in [-0.15, -0.1) is 0 Å². The molecular formula is C20H25N. The maximum absolute atomic E-state index is 2.65. The van der Waals surface area contributed by atoms with Crippen molar-refractivity contribution < 1.29 is 0 Å². The van der Waals surface area contributed by atoms with Gasteiger partial charge >= 0.3 is 0 Å². The fourth-order valence-electron chi connectivity index (χ4n) is 3.51. The van der Waals surface area contributed by atoms with E-state index in [1.165, 1.54) is 47.2 Å². The van der Waals surface area contributed by atoms with Crippen molar-refractivity contribution in [3.05, 3.63) is 70.3 Å². The molecule has 0 unspecified atom stereocenters. The molecule has 0 aliphatic carbocycles. The van der Waals surface area contributed by atoms with Gasteiger partial charge in [-0.1, -0.05) is 53.6 Å². The molecule has 0 radical (unpaired) electrons. The number of benzene rings is 2. The first-order chi connectivity index (χ1) is 10.1. The molecule has 21 heavy (non-hydrogen) atoms. The third-order valence-corrected chi connectivity index (χ3v) is 4.66. The van der Waals surface area contributed by atoms with Gasteiger partial charge in [-0.2, -0.15) is 0 Å². The van der Waals surface area contributed by atoms with Crippen LogP contribution in [0.3, 0.4) is 0 Å². The maximum atomic E-state index is 2.65. The van der Waals surface area contributed by atoms with E-state index in [1.54, 1.807) is 0 Å². The summed E-state index contributed by atoms with van der Waals surface area (Å²) in [7, 11) is 0. The summed E-state index contributed by atoms with van der Waals surface area (Å²) < 4.78 is 0. The summed E-state index contributed by atoms with van der Waals surface area (Å²) in [6, 6.07) is 16.4. The molecule has 0 bridgehead atoms. The van der Waals surface area contributed by atoms with Crippen molar-refractivity contribution in [1.82, 2.24) is 4.90 Å². The molecule has 0 N–H and O–H groups in total. The van der Waals surface area contributed by atoms with E-state index >= 15 is 0 Å². The molecule has 2 aromatic carbocycles. The van der Waals surface area contributed by atoms with E-state index < -0.39 is 0 Å². The van der Waals surface area contributed by atoms with Crippen LogP contribution in [0.5, 0.6) is 0 Å². The molecule has 1 aliphatic heterocycles. The molecule has 1 heterocycles. The average molecular weight is 279 g/mol. The van der Waals surface area contributed by atoms with Crippen LogP contribution < -0.4 is 0 Å². The molecule has 0 amide bonds. The van der Waals surface area contributed by atoms with Gasteiger partial charge < -0.3 is 0 Å². The predicted octanol–water partition coefficient (Wildman–Crippen LogP) is 4.95. The van der Waals surface area contributed by atoms with Gasteiger partial charge in [-0.25, -0.2) is 0 Å². The zero-order valence-electron chi connectivity index (χ0n) is 13.4. The van der Waals surface area contributed by atoms with Gasteiger partial charge in [0.15, 0.2) is 0 Å². The van der Waals surface area contributed by atoms with Gasteiger partial charge in [0.2, 0.25) is 0 Å². The van der Waals surface area contributed by atoms with Crippen molar-refractivity contribution in [2.45, 2.75) is 46.2 Å². The van der Waals surface area contributed by atoms with Crippen molar-refractivity contribution in [3.63, 3.8) is 0 Å². The molecule has 1 heteroatoms. The highest BCUT2D eigenvalue weighted by Crippen LogP contribution is 2.33. The molecule has 0 aromatic heterocycles. The summed E-state index contributed by atoms with van der Waals surface area (Å²) in [5.74, 6) is 0. The highest BCUT2D eigenvalue weighted by Gasteiger charge is 2.26. The first-order valence-corrected chi connectivity index (χ1v) is 8.00. The Labute approximate surface area is 128 Å². The zero-order chi connectivity index (χ0) is 14.8. The molecule has 3 rings (SSSR count). The standard InChI is InChI=1S/C20H25N/c1-15-6-4-7-18(13-15)20-8-5-11-21(20)14-19-10-9-16(2)12-17(19)3/h4,6-7,9-10,12-13,20H,5,8,11,14H2,1-3H3/t20-/m0/s1. The second-order valence-corrected chi connectivity index (χ2v) is 6.47. The number of hydrogen-bond donors (Lipinski definition) is 0. The molecule has 2 aromatic rings. The Morgan fingerprint density at radius 2 is 1.81 bits per heavy atom. The molecule has 1 aliphatic rings. The lowest BCUT2D eigenvalue weighted by molar-refractivity contribution is 0.248. The van der Waals surface area contributed by atoms with Crippen LogP contribution in [0.2, 0.25) is 0 Å². The van der Waals surface area contributed by atoms with Gasteiger partial charge in [0.05, 0.1) is 0 Å². The van der Waals surface area contributed by atoms with E-state index in [-0.39, 0.29) is 0 Å². The molecule has 0 spiro atoms. The van der Waals surface area contributed by atoms with E-state index in [9.17, 15) is 0 Å². The fraction of sp³-hybridized carbons (Fsp3) is 0.400. The Hall–Kier alpha value is -1.60. The van der Waals surface area contributed by atoms with Crippen LogP contribution in [-0.4, -0.2) is 11.4 Å². The molecule has 1 atom stereocenters. The summed E-state index contributed by atoms with van der Waals surface area (Å²) >= 11 is 0. The normalized spacial score (nSPS) is 19.1. The lowest BCUT2D eigenvalue weighted by atomic mass is 10.0. The van der Waals surface area contributed by atoms with Crippen LogP contribution in [0.25, 0.3) is 0 Å². The van der Waals surface area contributed by atoms with Crippen LogP contribution >= 0.6 is 0 Å². The third-order valence-electron chi connectivity index (χ3n) is 4.66. The van der Waals surface area contributed by atoms with E-state index in [0.29, 0.717) is 6.04 Å². The Morgan fingerprint density at radius 1 is 1.00 bits per heavy atom. The fourth-order valence-corrected chi connectivity index (χ4v) is 3.51. The Kier molecular flexibility index (Phi) is 4.12. The molecule has 1 saturated heterocycles. The molecule has 110 valence electrons. The SMILES string of the molecule is Cc1cccc([C@@H]2CCCN2Cc2ccc(C)cc2C)c1. The highest BCUT2D eigenvalue weighted by molar-refractivity contribution is 5.31. The van der Waals surface area contributed by atoms with Gasteiger partial charge in [0, 0.05) is 12.6 Å². The molecule has 1 fully saturated rings. The van der Waals surface area contributed by atoms with Crippen LogP contribution in [0.15, 0.2) is 42.5 Å². The Morgan fingerprint density at radius 3 is 2.57 bits per heavy atom. The minimum Gasteiger partial charge on any atom is -0.292 e. The first kappa shape index (κ1) is 14.3. The van der Waals surface area contributed by atoms with E-state index in [0.717, 1.165) is 6.54 Å². The van der Waals surface area contributed by atoms with Crippen molar-refractivity contribution in [2.24, 2.45) is 0 Å².